The second-order valence-corrected chi connectivity index (χ2v) is 0. The van der Waals surface area contributed by atoms with Gasteiger partial charge in [-0.3, -0.25) is 0 Å². The maximum Gasteiger partial charge on any atom is 2.00 e. The molecular weight excluding hydrogens is 171 g/mol. The predicted molar refractivity (Wildman–Crippen MR) is 23.2 cm³/mol. The molecule has 0 aliphatic heterocycles. The first kappa shape index (κ1) is 24.6. The first-order valence-corrected chi connectivity index (χ1v) is 0.926. The minimum Gasteiger partial charge on any atom is -0.769 e. The first-order chi connectivity index (χ1) is 2.00. The van der Waals surface area contributed by atoms with Gasteiger partial charge in [-0.2, -0.15) is 0 Å². The summed E-state index contributed by atoms with van der Waals surface area (Å²) in [6.45, 7) is 0. The van der Waals surface area contributed by atoms with Crippen molar-refractivity contribution in [2.24, 2.45) is 0 Å². The molecule has 6 heavy (non-hydrogen) atoms. The molecule has 0 amide bonds. The Kier molecular flexibility index (Phi) is 261. The van der Waals surface area contributed by atoms with Crippen molar-refractivity contribution in [3.05, 3.63) is 0 Å². The van der Waals surface area contributed by atoms with Crippen LogP contribution in [-0.4, -0.2) is 48.7 Å². The molecule has 0 bridgehead atoms. The molecule has 6 heteroatoms. The monoisotopic (exact) mass is 170 g/mol. The van der Waals surface area contributed by atoms with Crippen LogP contribution in [0.2, 0.25) is 0 Å². The molecular formula is CaCl2O2Si. The standard InChI is InChI=1S/Ca.2ClO.Si/c;2*1-2;/q+2;2*-1;. The van der Waals surface area contributed by atoms with Gasteiger partial charge in [0.1, 0.15) is 0 Å². The smallest absolute Gasteiger partial charge is 0.769 e. The SMILES string of the molecule is [Ca+2].[O-]Cl.[O-]Cl.[Si]. The molecule has 0 N–H and O–H groups in total. The minimum atomic E-state index is 0. The van der Waals surface area contributed by atoms with Gasteiger partial charge in [-0.05, 0) is 0 Å². The van der Waals surface area contributed by atoms with Crippen LogP contribution in [0.3, 0.4) is 0 Å². The van der Waals surface area contributed by atoms with E-state index in [1.54, 1.807) is 0 Å². The Bertz CT molecular complexity index is 11.5. The fourth-order valence-corrected chi connectivity index (χ4v) is 0. The number of hydrogen-bond donors (Lipinski definition) is 0. The molecule has 0 unspecified atom stereocenters. The summed E-state index contributed by atoms with van der Waals surface area (Å²) in [5.74, 6) is 0. The van der Waals surface area contributed by atoms with Crippen LogP contribution in [0.15, 0.2) is 0 Å². The Labute approximate surface area is 80.8 Å². The van der Waals surface area contributed by atoms with Gasteiger partial charge in [0.15, 0.2) is 0 Å². The van der Waals surface area contributed by atoms with Crippen LogP contribution in [0, 0.1) is 0 Å². The van der Waals surface area contributed by atoms with Gasteiger partial charge < -0.3 is 9.32 Å². The van der Waals surface area contributed by atoms with Gasteiger partial charge in [0.2, 0.25) is 0 Å². The van der Waals surface area contributed by atoms with Crippen LogP contribution in [0.1, 0.15) is 0 Å². The summed E-state index contributed by atoms with van der Waals surface area (Å²) in [6, 6.07) is 0. The van der Waals surface area contributed by atoms with Gasteiger partial charge in [-0.25, -0.2) is 23.7 Å². The zero-order chi connectivity index (χ0) is 4.00. The summed E-state index contributed by atoms with van der Waals surface area (Å²) >= 11 is 6.78. The van der Waals surface area contributed by atoms with Gasteiger partial charge in [0, 0.05) is 11.0 Å². The van der Waals surface area contributed by atoms with Gasteiger partial charge >= 0.3 is 37.7 Å². The second kappa shape index (κ2) is 63.8. The molecule has 0 aromatic carbocycles. The van der Waals surface area contributed by atoms with Crippen molar-refractivity contribution in [2.75, 3.05) is 0 Å². The predicted octanol–water partition coefficient (Wildman–Crippen LogP) is -1.76. The van der Waals surface area contributed by atoms with Gasteiger partial charge in [0.25, 0.3) is 0 Å². The average Bonchev–Trinajstić information content (AvgIpc) is 1.50. The van der Waals surface area contributed by atoms with E-state index in [0.29, 0.717) is 0 Å². The van der Waals surface area contributed by atoms with Crippen LogP contribution >= 0.6 is 23.7 Å². The Morgan fingerprint density at radius 3 is 0.833 bits per heavy atom. The first-order valence-electron chi connectivity index (χ1n) is 0.309. The van der Waals surface area contributed by atoms with E-state index in [0.717, 1.165) is 0 Å². The maximum atomic E-state index is 7.72. The number of hydrogen-bond acceptors (Lipinski definition) is 2. The van der Waals surface area contributed by atoms with Crippen molar-refractivity contribution < 1.29 is 9.32 Å². The van der Waals surface area contributed by atoms with Crippen molar-refractivity contribution in [3.63, 3.8) is 0 Å². The van der Waals surface area contributed by atoms with E-state index in [4.69, 9.17) is 9.32 Å². The van der Waals surface area contributed by atoms with E-state index in [9.17, 15) is 0 Å². The molecule has 2 nitrogen and oxygen atoms in total. The molecule has 0 heterocycles. The molecule has 32 valence electrons. The third-order valence-corrected chi connectivity index (χ3v) is 0. The van der Waals surface area contributed by atoms with Gasteiger partial charge in [0.05, 0.1) is 0 Å². The average molecular weight is 171 g/mol. The summed E-state index contributed by atoms with van der Waals surface area (Å²) in [7, 11) is 0. The van der Waals surface area contributed by atoms with Crippen molar-refractivity contribution in [3.8, 4) is 0 Å². The molecule has 0 aromatic rings. The molecule has 0 aliphatic rings. The van der Waals surface area contributed by atoms with Crippen molar-refractivity contribution in [1.82, 2.24) is 0 Å². The molecule has 0 aliphatic carbocycles. The summed E-state index contributed by atoms with van der Waals surface area (Å²) in [6.07, 6.45) is 0. The molecule has 0 saturated carbocycles. The van der Waals surface area contributed by atoms with Crippen LogP contribution in [0.5, 0.6) is 0 Å². The van der Waals surface area contributed by atoms with E-state index in [-0.39, 0.29) is 48.7 Å². The summed E-state index contributed by atoms with van der Waals surface area (Å²) < 4.78 is 15.4. The maximum absolute atomic E-state index is 7.72. The third kappa shape index (κ3) is 37.9. The Balaban J connectivity index is -0.00000000500. The van der Waals surface area contributed by atoms with Gasteiger partial charge in [-0.1, -0.05) is 0 Å². The van der Waals surface area contributed by atoms with Crippen LogP contribution in [0.4, 0.5) is 0 Å². The summed E-state index contributed by atoms with van der Waals surface area (Å²) in [5.41, 5.74) is 0. The van der Waals surface area contributed by atoms with Crippen molar-refractivity contribution in [2.45, 2.75) is 0 Å². The van der Waals surface area contributed by atoms with Crippen molar-refractivity contribution >= 4 is 72.4 Å². The van der Waals surface area contributed by atoms with E-state index < -0.39 is 0 Å². The zero-order valence-corrected chi connectivity index (χ0v) is 7.50. The number of rotatable bonds is 0. The number of halogens is 2. The molecule has 0 aromatic heterocycles. The summed E-state index contributed by atoms with van der Waals surface area (Å²) in [4.78, 5) is 0. The summed E-state index contributed by atoms with van der Waals surface area (Å²) in [5, 5.41) is 0. The largest absolute Gasteiger partial charge is 2.00 e. The molecule has 0 spiro atoms. The van der Waals surface area contributed by atoms with Gasteiger partial charge in [-0.15, -0.1) is 0 Å². The Morgan fingerprint density at radius 2 is 0.833 bits per heavy atom. The van der Waals surface area contributed by atoms with Crippen LogP contribution < -0.4 is 9.32 Å². The van der Waals surface area contributed by atoms with Crippen LogP contribution in [0.25, 0.3) is 0 Å². The third-order valence-electron chi connectivity index (χ3n) is 0. The molecule has 0 atom stereocenters. The molecule has 4 radical (unpaired) electrons. The normalized spacial score (nSPS) is 2.00. The fourth-order valence-electron chi connectivity index (χ4n) is 0. The molecule has 0 saturated heterocycles. The Hall–Kier alpha value is 1.98. The second-order valence-electron chi connectivity index (χ2n) is 0. The van der Waals surface area contributed by atoms with Crippen LogP contribution in [-0.2, 0) is 0 Å². The van der Waals surface area contributed by atoms with E-state index >= 15 is 0 Å². The topological polar surface area (TPSA) is 46.1 Å². The van der Waals surface area contributed by atoms with E-state index in [1.807, 2.05) is 0 Å². The zero-order valence-electron chi connectivity index (χ0n) is 2.78. The minimum absolute atomic E-state index is 0. The Morgan fingerprint density at radius 1 is 0.833 bits per heavy atom. The molecule has 0 rings (SSSR count). The van der Waals surface area contributed by atoms with E-state index in [1.165, 1.54) is 0 Å². The molecule has 0 fully saturated rings. The quantitative estimate of drug-likeness (QED) is 0.405. The fraction of sp³-hybridized carbons (Fsp3) is 0. The van der Waals surface area contributed by atoms with Crippen molar-refractivity contribution in [1.29, 1.82) is 0 Å². The van der Waals surface area contributed by atoms with E-state index in [2.05, 4.69) is 23.7 Å².